The lowest BCUT2D eigenvalue weighted by Crippen LogP contribution is -2.41. The van der Waals surface area contributed by atoms with Crippen LogP contribution in [0, 0.1) is 5.92 Å². The Morgan fingerprint density at radius 2 is 2.00 bits per heavy atom. The molecule has 0 aliphatic heterocycles. The van der Waals surface area contributed by atoms with Gasteiger partial charge in [0.25, 0.3) is 0 Å². The van der Waals surface area contributed by atoms with E-state index in [9.17, 15) is 4.79 Å². The molecule has 0 radical (unpaired) electrons. The molecule has 1 rings (SSSR count). The van der Waals surface area contributed by atoms with Crippen molar-refractivity contribution in [1.29, 1.82) is 0 Å². The second kappa shape index (κ2) is 6.89. The van der Waals surface area contributed by atoms with Crippen LogP contribution >= 0.6 is 0 Å². The van der Waals surface area contributed by atoms with Crippen LogP contribution in [-0.4, -0.2) is 35.6 Å². The number of hydrogen-bond acceptors (Lipinski definition) is 2. The Balaban J connectivity index is 2.53. The van der Waals surface area contributed by atoms with Gasteiger partial charge in [0.1, 0.15) is 0 Å². The van der Waals surface area contributed by atoms with Gasteiger partial charge in [-0.2, -0.15) is 0 Å². The molecular formula is C13H25NO2. The Hall–Kier alpha value is -0.570. The van der Waals surface area contributed by atoms with Crippen LogP contribution in [0.15, 0.2) is 0 Å². The number of rotatable bonds is 6. The van der Waals surface area contributed by atoms with E-state index >= 15 is 0 Å². The molecule has 0 aromatic heterocycles. The van der Waals surface area contributed by atoms with Gasteiger partial charge in [-0.05, 0) is 32.2 Å². The molecule has 0 amide bonds. The van der Waals surface area contributed by atoms with Crippen molar-refractivity contribution in [2.75, 3.05) is 13.6 Å². The number of likely N-dealkylation sites (N-methyl/N-ethyl adjacent to an activating group) is 1. The average molecular weight is 227 g/mol. The molecule has 0 bridgehead atoms. The van der Waals surface area contributed by atoms with E-state index < -0.39 is 5.97 Å². The number of carboxylic acid groups (broad SMARTS) is 1. The van der Waals surface area contributed by atoms with Crippen LogP contribution in [0.2, 0.25) is 0 Å². The lowest BCUT2D eigenvalue weighted by Gasteiger charge is -2.36. The molecule has 1 N–H and O–H groups in total. The Bertz CT molecular complexity index is 212. The Morgan fingerprint density at radius 1 is 1.38 bits per heavy atom. The number of carboxylic acids is 1. The molecule has 1 unspecified atom stereocenters. The molecule has 0 saturated heterocycles. The third-order valence-electron chi connectivity index (χ3n) is 3.73. The van der Waals surface area contributed by atoms with E-state index in [2.05, 4.69) is 6.92 Å². The minimum absolute atomic E-state index is 0.182. The topological polar surface area (TPSA) is 40.5 Å². The summed E-state index contributed by atoms with van der Waals surface area (Å²) in [5, 5.41) is 8.86. The van der Waals surface area contributed by atoms with Crippen molar-refractivity contribution in [1.82, 2.24) is 4.90 Å². The van der Waals surface area contributed by atoms with Crippen LogP contribution in [0.3, 0.4) is 0 Å². The van der Waals surface area contributed by atoms with Gasteiger partial charge in [0.2, 0.25) is 0 Å². The van der Waals surface area contributed by atoms with E-state index in [0.29, 0.717) is 6.04 Å². The highest BCUT2D eigenvalue weighted by atomic mass is 16.4. The summed E-state index contributed by atoms with van der Waals surface area (Å²) in [5.74, 6) is 0.0115. The van der Waals surface area contributed by atoms with Crippen LogP contribution in [0.1, 0.15) is 51.9 Å². The van der Waals surface area contributed by atoms with Crippen molar-refractivity contribution in [2.45, 2.75) is 57.9 Å². The molecule has 94 valence electrons. The van der Waals surface area contributed by atoms with Gasteiger partial charge in [-0.1, -0.05) is 32.6 Å². The molecule has 0 aromatic rings. The average Bonchev–Trinajstić information content (AvgIpc) is 2.26. The first-order valence-corrected chi connectivity index (χ1v) is 6.57. The summed E-state index contributed by atoms with van der Waals surface area (Å²) in [6.45, 7) is 2.37. The van der Waals surface area contributed by atoms with E-state index in [1.165, 1.54) is 32.1 Å². The van der Waals surface area contributed by atoms with Crippen molar-refractivity contribution in [3.63, 3.8) is 0 Å². The van der Waals surface area contributed by atoms with Gasteiger partial charge < -0.3 is 5.11 Å². The fourth-order valence-electron chi connectivity index (χ4n) is 2.96. The van der Waals surface area contributed by atoms with E-state index in [4.69, 9.17) is 5.11 Å². The van der Waals surface area contributed by atoms with Gasteiger partial charge in [-0.15, -0.1) is 0 Å². The van der Waals surface area contributed by atoms with Crippen LogP contribution in [-0.2, 0) is 4.79 Å². The third kappa shape index (κ3) is 4.12. The molecule has 0 heterocycles. The maximum Gasteiger partial charge on any atom is 0.317 e. The van der Waals surface area contributed by atoms with Crippen molar-refractivity contribution in [3.05, 3.63) is 0 Å². The minimum atomic E-state index is -0.709. The molecule has 1 saturated carbocycles. The van der Waals surface area contributed by atoms with Crippen LogP contribution in [0.5, 0.6) is 0 Å². The summed E-state index contributed by atoms with van der Waals surface area (Å²) in [6.07, 6.45) is 8.86. The number of carbonyl (C=O) groups is 1. The van der Waals surface area contributed by atoms with Gasteiger partial charge >= 0.3 is 5.97 Å². The molecule has 0 spiro atoms. The minimum Gasteiger partial charge on any atom is -0.480 e. The predicted octanol–water partition coefficient (Wildman–Crippen LogP) is 2.75. The second-order valence-electron chi connectivity index (χ2n) is 5.06. The zero-order valence-corrected chi connectivity index (χ0v) is 10.6. The van der Waals surface area contributed by atoms with Crippen LogP contribution < -0.4 is 0 Å². The molecule has 1 aliphatic carbocycles. The summed E-state index contributed by atoms with van der Waals surface area (Å²) >= 11 is 0. The lowest BCUT2D eigenvalue weighted by molar-refractivity contribution is -0.138. The number of hydrogen-bond donors (Lipinski definition) is 1. The zero-order valence-electron chi connectivity index (χ0n) is 10.6. The van der Waals surface area contributed by atoms with E-state index in [1.54, 1.807) is 0 Å². The number of aliphatic carboxylic acids is 1. The highest BCUT2D eigenvalue weighted by Gasteiger charge is 2.26. The second-order valence-corrected chi connectivity index (χ2v) is 5.06. The fourth-order valence-corrected chi connectivity index (χ4v) is 2.96. The zero-order chi connectivity index (χ0) is 12.0. The molecule has 1 fully saturated rings. The molecule has 3 nitrogen and oxygen atoms in total. The van der Waals surface area contributed by atoms with Crippen LogP contribution in [0.25, 0.3) is 0 Å². The van der Waals surface area contributed by atoms with Gasteiger partial charge in [-0.3, -0.25) is 9.69 Å². The third-order valence-corrected chi connectivity index (χ3v) is 3.73. The summed E-state index contributed by atoms with van der Waals surface area (Å²) in [6, 6.07) is 0.474. The van der Waals surface area contributed by atoms with Crippen molar-refractivity contribution in [3.8, 4) is 0 Å². The first-order chi connectivity index (χ1) is 7.65. The summed E-state index contributed by atoms with van der Waals surface area (Å²) in [5.41, 5.74) is 0. The highest BCUT2D eigenvalue weighted by Crippen LogP contribution is 2.30. The van der Waals surface area contributed by atoms with E-state index in [-0.39, 0.29) is 6.54 Å². The van der Waals surface area contributed by atoms with E-state index in [0.717, 1.165) is 18.8 Å². The Morgan fingerprint density at radius 3 is 2.50 bits per heavy atom. The maximum absolute atomic E-state index is 10.8. The van der Waals surface area contributed by atoms with Crippen molar-refractivity contribution < 1.29 is 9.90 Å². The SMILES string of the molecule is CCCC(C1CCCCC1)N(C)CC(=O)O. The quantitative estimate of drug-likeness (QED) is 0.758. The molecule has 0 aromatic carbocycles. The predicted molar refractivity (Wildman–Crippen MR) is 65.5 cm³/mol. The maximum atomic E-state index is 10.8. The summed E-state index contributed by atoms with van der Waals surface area (Å²) < 4.78 is 0. The monoisotopic (exact) mass is 227 g/mol. The van der Waals surface area contributed by atoms with Gasteiger partial charge in [-0.25, -0.2) is 0 Å². The summed E-state index contributed by atoms with van der Waals surface area (Å²) in [7, 11) is 1.96. The normalized spacial score (nSPS) is 19.9. The lowest BCUT2D eigenvalue weighted by atomic mass is 9.81. The Labute approximate surface area is 98.8 Å². The molecule has 1 atom stereocenters. The van der Waals surface area contributed by atoms with Crippen LogP contribution in [0.4, 0.5) is 0 Å². The smallest absolute Gasteiger partial charge is 0.317 e. The van der Waals surface area contributed by atoms with Gasteiger partial charge in [0, 0.05) is 6.04 Å². The molecule has 16 heavy (non-hydrogen) atoms. The molecule has 3 heteroatoms. The highest BCUT2D eigenvalue weighted by molar-refractivity contribution is 5.69. The standard InChI is InChI=1S/C13H25NO2/c1-3-7-12(14(2)10-13(15)16)11-8-5-4-6-9-11/h11-12H,3-10H2,1-2H3,(H,15,16). The molecule has 1 aliphatic rings. The van der Waals surface area contributed by atoms with Crippen molar-refractivity contribution >= 4 is 5.97 Å². The van der Waals surface area contributed by atoms with E-state index in [1.807, 2.05) is 11.9 Å². The molecular weight excluding hydrogens is 202 g/mol. The first-order valence-electron chi connectivity index (χ1n) is 6.57. The van der Waals surface area contributed by atoms with Gasteiger partial charge in [0.15, 0.2) is 0 Å². The number of nitrogens with zero attached hydrogens (tertiary/aromatic N) is 1. The Kier molecular flexibility index (Phi) is 5.81. The van der Waals surface area contributed by atoms with Gasteiger partial charge in [0.05, 0.1) is 6.54 Å². The summed E-state index contributed by atoms with van der Waals surface area (Å²) in [4.78, 5) is 12.8. The first kappa shape index (κ1) is 13.5. The fraction of sp³-hybridized carbons (Fsp3) is 0.923. The largest absolute Gasteiger partial charge is 0.480 e. The van der Waals surface area contributed by atoms with Crippen molar-refractivity contribution in [2.24, 2.45) is 5.92 Å².